The highest BCUT2D eigenvalue weighted by molar-refractivity contribution is 5.24. The minimum Gasteiger partial charge on any atom is -0.387 e. The van der Waals surface area contributed by atoms with Crippen LogP contribution in [0.5, 0.6) is 0 Å². The van der Waals surface area contributed by atoms with E-state index in [2.05, 4.69) is 36.1 Å². The van der Waals surface area contributed by atoms with E-state index in [-0.39, 0.29) is 6.10 Å². The van der Waals surface area contributed by atoms with Crippen LogP contribution in [0.4, 0.5) is 0 Å². The molecule has 1 aliphatic rings. The molecule has 0 bridgehead atoms. The zero-order valence-corrected chi connectivity index (χ0v) is 13.6. The molecule has 118 valence electrons. The number of unbranched alkanes of at least 4 members (excludes halogenated alkanes) is 3. The number of aryl methyl sites for hydroxylation is 1. The summed E-state index contributed by atoms with van der Waals surface area (Å²) in [6.45, 7) is 5.33. The van der Waals surface area contributed by atoms with Gasteiger partial charge in [-0.2, -0.15) is 0 Å². The van der Waals surface area contributed by atoms with Crippen LogP contribution in [0.2, 0.25) is 0 Å². The average Bonchev–Trinajstić information content (AvgIpc) is 2.53. The van der Waals surface area contributed by atoms with E-state index in [1.165, 1.54) is 56.9 Å². The van der Waals surface area contributed by atoms with E-state index in [9.17, 15) is 5.11 Å². The van der Waals surface area contributed by atoms with Crippen LogP contribution >= 0.6 is 0 Å². The Hall–Kier alpha value is -0.860. The fourth-order valence-corrected chi connectivity index (χ4v) is 3.15. The van der Waals surface area contributed by atoms with Gasteiger partial charge in [-0.25, -0.2) is 0 Å². The molecule has 21 heavy (non-hydrogen) atoms. The van der Waals surface area contributed by atoms with Gasteiger partial charge in [-0.05, 0) is 49.9 Å². The van der Waals surface area contributed by atoms with Crippen LogP contribution in [0.3, 0.4) is 0 Å². The van der Waals surface area contributed by atoms with Gasteiger partial charge in [0.25, 0.3) is 0 Å². The highest BCUT2D eigenvalue weighted by atomic mass is 16.3. The number of piperidine rings is 1. The molecule has 1 aliphatic heterocycles. The normalized spacial score (nSPS) is 17.8. The summed E-state index contributed by atoms with van der Waals surface area (Å²) in [6, 6.07) is 8.62. The van der Waals surface area contributed by atoms with Gasteiger partial charge >= 0.3 is 0 Å². The van der Waals surface area contributed by atoms with E-state index >= 15 is 0 Å². The molecule has 2 rings (SSSR count). The predicted octanol–water partition coefficient (Wildman–Crippen LogP) is 4.33. The van der Waals surface area contributed by atoms with E-state index in [1.807, 2.05) is 0 Å². The van der Waals surface area contributed by atoms with Crippen molar-refractivity contribution in [1.29, 1.82) is 0 Å². The van der Waals surface area contributed by atoms with Crippen molar-refractivity contribution in [2.24, 2.45) is 0 Å². The Kier molecular flexibility index (Phi) is 7.25. The van der Waals surface area contributed by atoms with Crippen LogP contribution in [-0.2, 0) is 6.42 Å². The van der Waals surface area contributed by atoms with Crippen molar-refractivity contribution < 1.29 is 5.11 Å². The lowest BCUT2D eigenvalue weighted by molar-refractivity contribution is 0.101. The summed E-state index contributed by atoms with van der Waals surface area (Å²) in [5, 5.41) is 10.4. The predicted molar refractivity (Wildman–Crippen MR) is 89.5 cm³/mol. The summed E-state index contributed by atoms with van der Waals surface area (Å²) < 4.78 is 0. The zero-order valence-electron chi connectivity index (χ0n) is 13.6. The molecular weight excluding hydrogens is 258 g/mol. The second kappa shape index (κ2) is 9.22. The molecule has 2 heteroatoms. The fraction of sp³-hybridized carbons (Fsp3) is 0.684. The Morgan fingerprint density at radius 1 is 1.00 bits per heavy atom. The van der Waals surface area contributed by atoms with Crippen LogP contribution in [0.25, 0.3) is 0 Å². The highest BCUT2D eigenvalue weighted by Crippen LogP contribution is 2.18. The second-order valence-corrected chi connectivity index (χ2v) is 6.43. The van der Waals surface area contributed by atoms with Crippen molar-refractivity contribution >= 4 is 0 Å². The molecule has 0 aliphatic carbocycles. The third kappa shape index (κ3) is 5.80. The molecule has 1 saturated heterocycles. The van der Waals surface area contributed by atoms with Crippen LogP contribution in [0.1, 0.15) is 69.1 Å². The maximum absolute atomic E-state index is 10.4. The fourth-order valence-electron chi connectivity index (χ4n) is 3.15. The maximum Gasteiger partial charge on any atom is 0.0916 e. The first kappa shape index (κ1) is 16.5. The zero-order chi connectivity index (χ0) is 14.9. The summed E-state index contributed by atoms with van der Waals surface area (Å²) in [5.74, 6) is 0. The maximum atomic E-state index is 10.4. The Bertz CT molecular complexity index is 381. The molecule has 2 nitrogen and oxygen atoms in total. The molecule has 0 aromatic heterocycles. The molecule has 1 heterocycles. The molecule has 0 saturated carbocycles. The Morgan fingerprint density at radius 2 is 1.71 bits per heavy atom. The number of hydrogen-bond acceptors (Lipinski definition) is 2. The summed E-state index contributed by atoms with van der Waals surface area (Å²) >= 11 is 0. The molecule has 1 aromatic carbocycles. The molecular formula is C19H31NO. The van der Waals surface area contributed by atoms with Gasteiger partial charge in [-0.3, -0.25) is 0 Å². The van der Waals surface area contributed by atoms with Crippen molar-refractivity contribution in [2.45, 2.75) is 64.4 Å². The van der Waals surface area contributed by atoms with Crippen LogP contribution < -0.4 is 0 Å². The first-order valence-electron chi connectivity index (χ1n) is 8.79. The van der Waals surface area contributed by atoms with Crippen molar-refractivity contribution in [3.05, 3.63) is 35.4 Å². The molecule has 0 radical (unpaired) electrons. The Balaban J connectivity index is 1.77. The van der Waals surface area contributed by atoms with Gasteiger partial charge in [-0.1, -0.05) is 56.9 Å². The van der Waals surface area contributed by atoms with Crippen molar-refractivity contribution in [3.8, 4) is 0 Å². The number of nitrogens with zero attached hydrogens (tertiary/aromatic N) is 1. The molecule has 1 atom stereocenters. The van der Waals surface area contributed by atoms with Gasteiger partial charge in [0.1, 0.15) is 0 Å². The summed E-state index contributed by atoms with van der Waals surface area (Å²) in [5.41, 5.74) is 2.47. The van der Waals surface area contributed by atoms with Crippen LogP contribution in [0.15, 0.2) is 24.3 Å². The highest BCUT2D eigenvalue weighted by Gasteiger charge is 2.15. The minimum absolute atomic E-state index is 0.336. The number of aliphatic hydroxyl groups is 1. The van der Waals surface area contributed by atoms with Gasteiger partial charge in [0.05, 0.1) is 6.10 Å². The van der Waals surface area contributed by atoms with Crippen molar-refractivity contribution in [3.63, 3.8) is 0 Å². The van der Waals surface area contributed by atoms with Gasteiger partial charge in [0, 0.05) is 6.54 Å². The summed E-state index contributed by atoms with van der Waals surface area (Å²) in [4.78, 5) is 2.40. The Morgan fingerprint density at radius 3 is 2.38 bits per heavy atom. The number of benzene rings is 1. The lowest BCUT2D eigenvalue weighted by atomic mass is 10.0. The van der Waals surface area contributed by atoms with E-state index in [4.69, 9.17) is 0 Å². The molecule has 0 amide bonds. The standard InChI is InChI=1S/C19H31NO/c1-2-3-4-6-9-17-10-12-18(13-11-17)19(21)16-20-14-7-5-8-15-20/h10-13,19,21H,2-9,14-16H2,1H3. The van der Waals surface area contributed by atoms with Crippen LogP contribution in [0, 0.1) is 0 Å². The third-order valence-electron chi connectivity index (χ3n) is 4.56. The van der Waals surface area contributed by atoms with Crippen molar-refractivity contribution in [1.82, 2.24) is 4.90 Å². The molecule has 1 aromatic rings. The summed E-state index contributed by atoms with van der Waals surface area (Å²) in [7, 11) is 0. The summed E-state index contributed by atoms with van der Waals surface area (Å²) in [6.07, 6.45) is 9.99. The molecule has 1 fully saturated rings. The second-order valence-electron chi connectivity index (χ2n) is 6.43. The van der Waals surface area contributed by atoms with Gasteiger partial charge in [0.15, 0.2) is 0 Å². The number of hydrogen-bond donors (Lipinski definition) is 1. The largest absolute Gasteiger partial charge is 0.387 e. The van der Waals surface area contributed by atoms with Gasteiger partial charge in [0.2, 0.25) is 0 Å². The third-order valence-corrected chi connectivity index (χ3v) is 4.56. The first-order chi connectivity index (χ1) is 10.3. The number of aliphatic hydroxyl groups excluding tert-OH is 1. The van der Waals surface area contributed by atoms with Crippen LogP contribution in [-0.4, -0.2) is 29.6 Å². The van der Waals surface area contributed by atoms with Crippen molar-refractivity contribution in [2.75, 3.05) is 19.6 Å². The van der Waals surface area contributed by atoms with Gasteiger partial charge in [-0.15, -0.1) is 0 Å². The van der Waals surface area contributed by atoms with E-state index in [1.54, 1.807) is 0 Å². The van der Waals surface area contributed by atoms with E-state index in [0.717, 1.165) is 25.2 Å². The van der Waals surface area contributed by atoms with E-state index in [0.29, 0.717) is 0 Å². The SMILES string of the molecule is CCCCCCc1ccc(C(O)CN2CCCCC2)cc1. The lowest BCUT2D eigenvalue weighted by Crippen LogP contribution is -2.33. The molecule has 1 N–H and O–H groups in total. The molecule has 0 spiro atoms. The monoisotopic (exact) mass is 289 g/mol. The topological polar surface area (TPSA) is 23.5 Å². The lowest BCUT2D eigenvalue weighted by Gasteiger charge is -2.28. The first-order valence-corrected chi connectivity index (χ1v) is 8.79. The quantitative estimate of drug-likeness (QED) is 0.720. The van der Waals surface area contributed by atoms with Gasteiger partial charge < -0.3 is 10.0 Å². The Labute approximate surface area is 130 Å². The number of likely N-dealkylation sites (tertiary alicyclic amines) is 1. The number of rotatable bonds is 8. The minimum atomic E-state index is -0.336. The molecule has 1 unspecified atom stereocenters. The average molecular weight is 289 g/mol. The van der Waals surface area contributed by atoms with E-state index < -0.39 is 0 Å². The smallest absolute Gasteiger partial charge is 0.0916 e. The number of β-amino-alcohol motifs (C(OH)–C–C–N with tert-alkyl or cyclic N) is 1.